The van der Waals surface area contributed by atoms with Crippen molar-refractivity contribution in [2.24, 2.45) is 0 Å². The topological polar surface area (TPSA) is 61.0 Å². The molecule has 3 rings (SSSR count). The minimum atomic E-state index is -0.293. The average molecular weight is 295 g/mol. The van der Waals surface area contributed by atoms with Crippen LogP contribution >= 0.6 is 0 Å². The third-order valence-corrected chi connectivity index (χ3v) is 3.25. The summed E-state index contributed by atoms with van der Waals surface area (Å²) in [6.45, 7) is 0. The van der Waals surface area contributed by atoms with E-state index in [0.717, 1.165) is 16.9 Å². The van der Waals surface area contributed by atoms with Gasteiger partial charge in [-0.15, -0.1) is 0 Å². The molecule has 0 bridgehead atoms. The zero-order chi connectivity index (χ0) is 15.5. The molecule has 0 unspecified atom stereocenters. The van der Waals surface area contributed by atoms with Gasteiger partial charge in [-0.3, -0.25) is 0 Å². The van der Waals surface area contributed by atoms with Crippen LogP contribution in [-0.2, 0) is 0 Å². The number of hydrogen-bond acceptors (Lipinski definition) is 4. The van der Waals surface area contributed by atoms with Crippen molar-refractivity contribution in [2.45, 2.75) is 0 Å². The zero-order valence-electron chi connectivity index (χ0n) is 12.0. The van der Waals surface area contributed by atoms with E-state index in [9.17, 15) is 4.39 Å². The molecule has 0 aliphatic rings. The van der Waals surface area contributed by atoms with E-state index in [1.54, 1.807) is 19.2 Å². The molecular formula is C17H14FN3O. The Morgan fingerprint density at radius 1 is 0.909 bits per heavy atom. The number of benzene rings is 2. The number of rotatable bonds is 3. The van der Waals surface area contributed by atoms with Crippen LogP contribution in [0.3, 0.4) is 0 Å². The minimum Gasteiger partial charge on any atom is -0.497 e. The van der Waals surface area contributed by atoms with Gasteiger partial charge >= 0.3 is 0 Å². The fourth-order valence-electron chi connectivity index (χ4n) is 2.16. The number of nitrogens with two attached hydrogens (primary N) is 1. The van der Waals surface area contributed by atoms with Gasteiger partial charge in [-0.05, 0) is 42.5 Å². The molecule has 0 atom stereocenters. The molecule has 1 aromatic heterocycles. The fourth-order valence-corrected chi connectivity index (χ4v) is 2.16. The molecule has 5 heteroatoms. The molecule has 0 saturated heterocycles. The highest BCUT2D eigenvalue weighted by atomic mass is 19.1. The lowest BCUT2D eigenvalue weighted by atomic mass is 10.1. The maximum atomic E-state index is 13.0. The first-order chi connectivity index (χ1) is 10.7. The summed E-state index contributed by atoms with van der Waals surface area (Å²) in [5.41, 5.74) is 8.79. The number of aromatic nitrogens is 2. The second-order valence-corrected chi connectivity index (χ2v) is 4.74. The van der Waals surface area contributed by atoms with Crippen molar-refractivity contribution in [1.29, 1.82) is 0 Å². The first kappa shape index (κ1) is 14.0. The lowest BCUT2D eigenvalue weighted by Gasteiger charge is -2.07. The molecule has 0 aliphatic heterocycles. The summed E-state index contributed by atoms with van der Waals surface area (Å²) in [5, 5.41) is 0. The molecule has 1 heterocycles. The Labute approximate surface area is 127 Å². The van der Waals surface area contributed by atoms with Crippen molar-refractivity contribution >= 4 is 5.95 Å². The highest BCUT2D eigenvalue weighted by Crippen LogP contribution is 2.26. The van der Waals surface area contributed by atoms with Gasteiger partial charge in [0, 0.05) is 11.1 Å². The van der Waals surface area contributed by atoms with Crippen LogP contribution in [0.2, 0.25) is 0 Å². The molecule has 110 valence electrons. The monoisotopic (exact) mass is 295 g/mol. The van der Waals surface area contributed by atoms with Gasteiger partial charge in [0.2, 0.25) is 5.95 Å². The number of halogens is 1. The maximum absolute atomic E-state index is 13.0. The maximum Gasteiger partial charge on any atom is 0.221 e. The van der Waals surface area contributed by atoms with Gasteiger partial charge < -0.3 is 10.5 Å². The number of anilines is 1. The van der Waals surface area contributed by atoms with Gasteiger partial charge in [-0.1, -0.05) is 12.1 Å². The van der Waals surface area contributed by atoms with Crippen molar-refractivity contribution in [3.05, 3.63) is 60.4 Å². The van der Waals surface area contributed by atoms with Crippen LogP contribution in [0.4, 0.5) is 10.3 Å². The van der Waals surface area contributed by atoms with Crippen LogP contribution < -0.4 is 10.5 Å². The van der Waals surface area contributed by atoms with Crippen molar-refractivity contribution < 1.29 is 9.13 Å². The number of nitrogen functional groups attached to an aromatic ring is 1. The van der Waals surface area contributed by atoms with E-state index in [4.69, 9.17) is 10.5 Å². The van der Waals surface area contributed by atoms with Crippen LogP contribution in [0.1, 0.15) is 0 Å². The van der Waals surface area contributed by atoms with Crippen LogP contribution in [0, 0.1) is 5.82 Å². The smallest absolute Gasteiger partial charge is 0.221 e. The Kier molecular flexibility index (Phi) is 3.70. The summed E-state index contributed by atoms with van der Waals surface area (Å²) in [7, 11) is 1.61. The second-order valence-electron chi connectivity index (χ2n) is 4.74. The third-order valence-electron chi connectivity index (χ3n) is 3.25. The van der Waals surface area contributed by atoms with Gasteiger partial charge in [0.05, 0.1) is 18.5 Å². The highest BCUT2D eigenvalue weighted by Gasteiger charge is 2.08. The van der Waals surface area contributed by atoms with Gasteiger partial charge in [-0.2, -0.15) is 0 Å². The van der Waals surface area contributed by atoms with Crippen LogP contribution in [0.25, 0.3) is 22.5 Å². The van der Waals surface area contributed by atoms with Crippen molar-refractivity contribution in [3.8, 4) is 28.3 Å². The van der Waals surface area contributed by atoms with E-state index in [1.165, 1.54) is 12.1 Å². The van der Waals surface area contributed by atoms with Gasteiger partial charge in [0.1, 0.15) is 11.6 Å². The lowest BCUT2D eigenvalue weighted by molar-refractivity contribution is 0.415. The van der Waals surface area contributed by atoms with Gasteiger partial charge in [0.15, 0.2) is 0 Å². The van der Waals surface area contributed by atoms with Crippen LogP contribution in [0.15, 0.2) is 54.6 Å². The van der Waals surface area contributed by atoms with Gasteiger partial charge in [-0.25, -0.2) is 14.4 Å². The number of hydrogen-bond donors (Lipinski definition) is 1. The Morgan fingerprint density at radius 2 is 1.59 bits per heavy atom. The normalized spacial score (nSPS) is 10.5. The zero-order valence-corrected chi connectivity index (χ0v) is 12.0. The Morgan fingerprint density at radius 3 is 2.27 bits per heavy atom. The Hall–Kier alpha value is -2.95. The second kappa shape index (κ2) is 5.81. The molecular weight excluding hydrogens is 281 g/mol. The quantitative estimate of drug-likeness (QED) is 0.803. The molecule has 2 N–H and O–H groups in total. The minimum absolute atomic E-state index is 0.166. The lowest BCUT2D eigenvalue weighted by Crippen LogP contribution is -1.99. The Bertz CT molecular complexity index is 803. The molecule has 0 radical (unpaired) electrons. The molecule has 0 fully saturated rings. The van der Waals surface area contributed by atoms with E-state index in [-0.39, 0.29) is 11.8 Å². The predicted octanol–water partition coefficient (Wildman–Crippen LogP) is 3.54. The third kappa shape index (κ3) is 2.88. The van der Waals surface area contributed by atoms with Crippen molar-refractivity contribution in [3.63, 3.8) is 0 Å². The SMILES string of the molecule is COc1cccc(-c2cc(-c3ccc(F)cc3)nc(N)n2)c1. The van der Waals surface area contributed by atoms with E-state index in [0.29, 0.717) is 11.4 Å². The first-order valence-corrected chi connectivity index (χ1v) is 6.70. The standard InChI is InChI=1S/C17H14FN3O/c1-22-14-4-2-3-12(9-14)16-10-15(20-17(19)21-16)11-5-7-13(18)8-6-11/h2-10H,1H3,(H2,19,20,21). The van der Waals surface area contributed by atoms with Crippen LogP contribution in [0.5, 0.6) is 5.75 Å². The Balaban J connectivity index is 2.08. The summed E-state index contributed by atoms with van der Waals surface area (Å²) in [5.74, 6) is 0.608. The van der Waals surface area contributed by atoms with E-state index in [2.05, 4.69) is 9.97 Å². The molecule has 2 aromatic carbocycles. The van der Waals surface area contributed by atoms with Gasteiger partial charge in [0.25, 0.3) is 0 Å². The molecule has 3 aromatic rings. The average Bonchev–Trinajstić information content (AvgIpc) is 2.55. The van der Waals surface area contributed by atoms with E-state index >= 15 is 0 Å². The first-order valence-electron chi connectivity index (χ1n) is 6.70. The summed E-state index contributed by atoms with van der Waals surface area (Å²) < 4.78 is 18.3. The van der Waals surface area contributed by atoms with Crippen molar-refractivity contribution in [1.82, 2.24) is 9.97 Å². The number of methoxy groups -OCH3 is 1. The summed E-state index contributed by atoms with van der Waals surface area (Å²) >= 11 is 0. The summed E-state index contributed by atoms with van der Waals surface area (Å²) in [6.07, 6.45) is 0. The molecule has 0 aliphatic carbocycles. The number of ether oxygens (including phenoxy) is 1. The highest BCUT2D eigenvalue weighted by molar-refractivity contribution is 5.69. The van der Waals surface area contributed by atoms with E-state index < -0.39 is 0 Å². The summed E-state index contributed by atoms with van der Waals surface area (Å²) in [4.78, 5) is 8.47. The predicted molar refractivity (Wildman–Crippen MR) is 83.8 cm³/mol. The van der Waals surface area contributed by atoms with Crippen LogP contribution in [-0.4, -0.2) is 17.1 Å². The molecule has 0 amide bonds. The van der Waals surface area contributed by atoms with Crippen molar-refractivity contribution in [2.75, 3.05) is 12.8 Å². The summed E-state index contributed by atoms with van der Waals surface area (Å²) in [6, 6.07) is 15.4. The molecule has 0 spiro atoms. The fraction of sp³-hybridized carbons (Fsp3) is 0.0588. The largest absolute Gasteiger partial charge is 0.497 e. The molecule has 22 heavy (non-hydrogen) atoms. The molecule has 0 saturated carbocycles. The molecule has 4 nitrogen and oxygen atoms in total. The van der Waals surface area contributed by atoms with E-state index in [1.807, 2.05) is 30.3 Å². The number of nitrogens with zero attached hydrogens (tertiary/aromatic N) is 2.